The second-order valence-corrected chi connectivity index (χ2v) is 9.13. The molecule has 158 valence electrons. The van der Waals surface area contributed by atoms with Crippen molar-refractivity contribution in [3.05, 3.63) is 52.3 Å². The summed E-state index contributed by atoms with van der Waals surface area (Å²) in [6.45, 7) is 6.28. The third kappa shape index (κ3) is 4.37. The minimum atomic E-state index is -0.247. The Morgan fingerprint density at radius 2 is 1.93 bits per heavy atom. The van der Waals surface area contributed by atoms with Gasteiger partial charge in [-0.05, 0) is 42.7 Å². The summed E-state index contributed by atoms with van der Waals surface area (Å²) in [5.74, 6) is 0.983. The second kappa shape index (κ2) is 8.40. The second-order valence-electron chi connectivity index (χ2n) is 8.32. The van der Waals surface area contributed by atoms with E-state index in [1.165, 1.54) is 0 Å². The first-order valence-electron chi connectivity index (χ1n) is 9.99. The van der Waals surface area contributed by atoms with E-state index in [0.717, 1.165) is 43.0 Å². The molecule has 0 aliphatic carbocycles. The molecule has 1 aromatic carbocycles. The smallest absolute Gasteiger partial charge is 0.223 e. The molecule has 1 amide bonds. The summed E-state index contributed by atoms with van der Waals surface area (Å²) in [4.78, 5) is 15.0. The Balaban J connectivity index is 1.32. The van der Waals surface area contributed by atoms with Crippen LogP contribution < -0.4 is 10.2 Å². The topological polar surface area (TPSA) is 75.4 Å². The van der Waals surface area contributed by atoms with Crippen LogP contribution in [0.2, 0.25) is 10.0 Å². The standard InChI is InChI=1S/C21H24Cl2N6O/c1-21(2,15-3-4-16(22)17(23)11-15)12-24-20(30)14-7-9-28(10-8-14)19-6-5-18-26-25-13-29(18)27-19/h3-6,11,13-14H,7-10,12H2,1-2H3,(H,24,30). The van der Waals surface area contributed by atoms with Crippen molar-refractivity contribution in [1.82, 2.24) is 25.1 Å². The maximum Gasteiger partial charge on any atom is 0.223 e. The van der Waals surface area contributed by atoms with Gasteiger partial charge in [0.25, 0.3) is 0 Å². The molecule has 0 atom stereocenters. The minimum absolute atomic E-state index is 0.00417. The van der Waals surface area contributed by atoms with Crippen LogP contribution in [0.15, 0.2) is 36.7 Å². The molecular formula is C21H24Cl2N6O. The van der Waals surface area contributed by atoms with E-state index in [-0.39, 0.29) is 17.2 Å². The predicted molar refractivity (Wildman–Crippen MR) is 118 cm³/mol. The number of hydrogen-bond acceptors (Lipinski definition) is 5. The Kier molecular flexibility index (Phi) is 5.84. The molecule has 0 unspecified atom stereocenters. The summed E-state index contributed by atoms with van der Waals surface area (Å²) < 4.78 is 1.67. The van der Waals surface area contributed by atoms with E-state index < -0.39 is 0 Å². The van der Waals surface area contributed by atoms with Crippen LogP contribution in [-0.2, 0) is 10.2 Å². The lowest BCUT2D eigenvalue weighted by Crippen LogP contribution is -2.44. The highest BCUT2D eigenvalue weighted by molar-refractivity contribution is 6.42. The van der Waals surface area contributed by atoms with Gasteiger partial charge >= 0.3 is 0 Å². The van der Waals surface area contributed by atoms with Crippen molar-refractivity contribution in [2.45, 2.75) is 32.1 Å². The van der Waals surface area contributed by atoms with Crippen molar-refractivity contribution < 1.29 is 4.79 Å². The van der Waals surface area contributed by atoms with Crippen LogP contribution in [0.1, 0.15) is 32.3 Å². The van der Waals surface area contributed by atoms with E-state index in [2.05, 4.69) is 39.4 Å². The molecular weight excluding hydrogens is 423 g/mol. The number of halogens is 2. The summed E-state index contributed by atoms with van der Waals surface area (Å²) in [6.07, 6.45) is 3.18. The lowest BCUT2D eigenvalue weighted by Gasteiger charge is -2.33. The van der Waals surface area contributed by atoms with Crippen molar-refractivity contribution >= 4 is 40.6 Å². The molecule has 1 aliphatic heterocycles. The molecule has 4 rings (SSSR count). The van der Waals surface area contributed by atoms with E-state index in [1.54, 1.807) is 16.9 Å². The number of amides is 1. The van der Waals surface area contributed by atoms with Crippen LogP contribution in [0.3, 0.4) is 0 Å². The highest BCUT2D eigenvalue weighted by Crippen LogP contribution is 2.30. The number of aromatic nitrogens is 4. The molecule has 0 radical (unpaired) electrons. The molecule has 3 aromatic rings. The summed E-state index contributed by atoms with van der Waals surface area (Å²) in [5, 5.41) is 16.6. The number of anilines is 1. The van der Waals surface area contributed by atoms with Gasteiger partial charge in [0.05, 0.1) is 10.0 Å². The molecule has 30 heavy (non-hydrogen) atoms. The van der Waals surface area contributed by atoms with Gasteiger partial charge < -0.3 is 10.2 Å². The van der Waals surface area contributed by atoms with E-state index in [4.69, 9.17) is 23.2 Å². The Morgan fingerprint density at radius 3 is 2.67 bits per heavy atom. The van der Waals surface area contributed by atoms with Gasteiger partial charge in [-0.3, -0.25) is 4.79 Å². The molecule has 2 aromatic heterocycles. The molecule has 7 nitrogen and oxygen atoms in total. The molecule has 3 heterocycles. The van der Waals surface area contributed by atoms with Crippen molar-refractivity contribution in [2.24, 2.45) is 5.92 Å². The van der Waals surface area contributed by atoms with Crippen molar-refractivity contribution in [1.29, 1.82) is 0 Å². The molecule has 1 N–H and O–H groups in total. The van der Waals surface area contributed by atoms with E-state index in [9.17, 15) is 4.79 Å². The van der Waals surface area contributed by atoms with E-state index in [0.29, 0.717) is 16.6 Å². The van der Waals surface area contributed by atoms with Crippen LogP contribution >= 0.6 is 23.2 Å². The number of carbonyl (C=O) groups excluding carboxylic acids is 1. The van der Waals surface area contributed by atoms with Crippen LogP contribution in [0, 0.1) is 5.92 Å². The van der Waals surface area contributed by atoms with Crippen LogP contribution in [0.25, 0.3) is 5.65 Å². The van der Waals surface area contributed by atoms with Crippen molar-refractivity contribution in [2.75, 3.05) is 24.5 Å². The normalized spacial score (nSPS) is 15.5. The van der Waals surface area contributed by atoms with Gasteiger partial charge in [0.15, 0.2) is 5.65 Å². The largest absolute Gasteiger partial charge is 0.355 e. The number of piperidine rings is 1. The van der Waals surface area contributed by atoms with Gasteiger partial charge in [-0.2, -0.15) is 4.52 Å². The highest BCUT2D eigenvalue weighted by Gasteiger charge is 2.28. The molecule has 0 spiro atoms. The predicted octanol–water partition coefficient (Wildman–Crippen LogP) is 3.74. The van der Waals surface area contributed by atoms with Gasteiger partial charge in [-0.1, -0.05) is 43.1 Å². The van der Waals surface area contributed by atoms with E-state index in [1.807, 2.05) is 24.3 Å². The average Bonchev–Trinajstić information content (AvgIpc) is 3.22. The number of nitrogens with zero attached hydrogens (tertiary/aromatic N) is 5. The highest BCUT2D eigenvalue weighted by atomic mass is 35.5. The van der Waals surface area contributed by atoms with Gasteiger partial charge in [0, 0.05) is 31.0 Å². The fraction of sp³-hybridized carbons (Fsp3) is 0.429. The Hall–Kier alpha value is -2.38. The lowest BCUT2D eigenvalue weighted by molar-refractivity contribution is -0.125. The number of carbonyl (C=O) groups is 1. The molecule has 1 aliphatic rings. The van der Waals surface area contributed by atoms with Gasteiger partial charge in [0.2, 0.25) is 5.91 Å². The summed E-state index contributed by atoms with van der Waals surface area (Å²) in [5.41, 5.74) is 1.52. The lowest BCUT2D eigenvalue weighted by atomic mass is 9.84. The SMILES string of the molecule is CC(C)(CNC(=O)C1CCN(c2ccc3nncn3n2)CC1)c1ccc(Cl)c(Cl)c1. The van der Waals surface area contributed by atoms with Gasteiger partial charge in [-0.25, -0.2) is 0 Å². The molecule has 1 fully saturated rings. The average molecular weight is 447 g/mol. The Labute approximate surface area is 185 Å². The number of rotatable bonds is 5. The third-order valence-electron chi connectivity index (χ3n) is 5.74. The zero-order valence-electron chi connectivity index (χ0n) is 17.0. The summed E-state index contributed by atoms with van der Waals surface area (Å²) in [7, 11) is 0. The first-order valence-corrected chi connectivity index (χ1v) is 10.7. The number of benzene rings is 1. The summed E-state index contributed by atoms with van der Waals surface area (Å²) >= 11 is 12.2. The quantitative estimate of drug-likeness (QED) is 0.645. The molecule has 0 bridgehead atoms. The monoisotopic (exact) mass is 446 g/mol. The van der Waals surface area contributed by atoms with E-state index >= 15 is 0 Å². The fourth-order valence-electron chi connectivity index (χ4n) is 3.73. The molecule has 9 heteroatoms. The fourth-order valence-corrected chi connectivity index (χ4v) is 4.03. The first kappa shape index (κ1) is 20.9. The summed E-state index contributed by atoms with van der Waals surface area (Å²) in [6, 6.07) is 9.47. The number of nitrogens with one attached hydrogen (secondary N) is 1. The number of hydrogen-bond donors (Lipinski definition) is 1. The van der Waals surface area contributed by atoms with Crippen LogP contribution in [0.5, 0.6) is 0 Å². The van der Waals surface area contributed by atoms with Crippen molar-refractivity contribution in [3.8, 4) is 0 Å². The number of fused-ring (bicyclic) bond motifs is 1. The zero-order chi connectivity index (χ0) is 21.3. The molecule has 1 saturated heterocycles. The van der Waals surface area contributed by atoms with Crippen molar-refractivity contribution in [3.63, 3.8) is 0 Å². The Morgan fingerprint density at radius 1 is 1.17 bits per heavy atom. The van der Waals surface area contributed by atoms with Crippen LogP contribution in [-0.4, -0.2) is 45.4 Å². The molecule has 0 saturated carbocycles. The third-order valence-corrected chi connectivity index (χ3v) is 6.48. The van der Waals surface area contributed by atoms with Gasteiger partial charge in [0.1, 0.15) is 12.1 Å². The first-order chi connectivity index (χ1) is 14.3. The minimum Gasteiger partial charge on any atom is -0.355 e. The maximum atomic E-state index is 12.8. The maximum absolute atomic E-state index is 12.8. The van der Waals surface area contributed by atoms with Gasteiger partial charge in [-0.15, -0.1) is 15.3 Å². The van der Waals surface area contributed by atoms with Crippen LogP contribution in [0.4, 0.5) is 5.82 Å². The zero-order valence-corrected chi connectivity index (χ0v) is 18.5. The Bertz CT molecular complexity index is 1060.